The Kier molecular flexibility index (Phi) is 43.8. The number of amides is 12. The third kappa shape index (κ3) is 36.6. The predicted molar refractivity (Wildman–Crippen MR) is 434 cm³/mol. The zero-order chi connectivity index (χ0) is 85.4. The fourth-order valence-corrected chi connectivity index (χ4v) is 11.6. The summed E-state index contributed by atoms with van der Waals surface area (Å²) in [6, 6.07) is -8.59. The van der Waals surface area contributed by atoms with Gasteiger partial charge in [0.25, 0.3) is 0 Å². The Labute approximate surface area is 660 Å². The maximum atomic E-state index is 15.0. The van der Waals surface area contributed by atoms with Crippen LogP contribution in [0.2, 0.25) is 0 Å². The summed E-state index contributed by atoms with van der Waals surface area (Å²) in [6.45, 7) is 18.9. The maximum Gasteiger partial charge on any atom is 0.243 e. The van der Waals surface area contributed by atoms with Crippen LogP contribution in [0.4, 0.5) is 0 Å². The van der Waals surface area contributed by atoms with Gasteiger partial charge in [0.15, 0.2) is 29.8 Å². The van der Waals surface area contributed by atoms with Gasteiger partial charge in [0.05, 0.1) is 6.04 Å². The SMILES string of the molecule is CC[C@H](C)[C@H](NC(=O)[C@H](CC(C)C)NC(=O)[C@H](CCCN=C(N)N)NC(=O)[C@@H](N)C(C)C)C(=O)N[C@@H](CCCN=C(N)N)C(=O)N[C@@H](C)C(=O)N[C@H](C(=O)N[C@@H](CCCN=C(N)N)C(=O)N[C@H](C(=O)N[C@@H](Cc1c[nH]c2ccccc12)C(=O)N[C@@H](CCCN=C(N)N)C(=O)N[C@@H](CCCN=C(N)N)C(N)=O)[C@@H](C)CC)C(C)C. The summed E-state index contributed by atoms with van der Waals surface area (Å²) in [7, 11) is 0. The zero-order valence-electron chi connectivity index (χ0n) is 67.2. The van der Waals surface area contributed by atoms with Crippen LogP contribution in [-0.2, 0) is 64.0 Å². The zero-order valence-corrected chi connectivity index (χ0v) is 67.2. The van der Waals surface area contributed by atoms with Gasteiger partial charge in [-0.3, -0.25) is 82.5 Å². The molecule has 0 radical (unpaired) electrons. The van der Waals surface area contributed by atoms with Crippen molar-refractivity contribution in [1.29, 1.82) is 0 Å². The third-order valence-corrected chi connectivity index (χ3v) is 18.6. The molecule has 36 N–H and O–H groups in total. The van der Waals surface area contributed by atoms with Gasteiger partial charge in [-0.1, -0.05) is 100 Å². The Morgan fingerprint density at radius 3 is 1.06 bits per heavy atom. The molecule has 634 valence electrons. The molecule has 14 atom stereocenters. The van der Waals surface area contributed by atoms with E-state index < -0.39 is 161 Å². The smallest absolute Gasteiger partial charge is 0.243 e. The summed E-state index contributed by atoms with van der Waals surface area (Å²) < 4.78 is 0. The van der Waals surface area contributed by atoms with Crippen molar-refractivity contribution in [3.63, 3.8) is 0 Å². The molecule has 0 spiro atoms. The van der Waals surface area contributed by atoms with E-state index in [4.69, 9.17) is 68.8 Å². The second-order valence-electron chi connectivity index (χ2n) is 29.2. The summed E-state index contributed by atoms with van der Waals surface area (Å²) in [6.07, 6.45) is 2.85. The van der Waals surface area contributed by atoms with Crippen molar-refractivity contribution in [3.05, 3.63) is 36.0 Å². The molecule has 113 heavy (non-hydrogen) atoms. The van der Waals surface area contributed by atoms with E-state index in [1.54, 1.807) is 79.8 Å². The van der Waals surface area contributed by atoms with Crippen LogP contribution in [0.3, 0.4) is 0 Å². The van der Waals surface area contributed by atoms with Gasteiger partial charge in [-0.25, -0.2) is 0 Å². The number of rotatable bonds is 53. The molecule has 0 saturated heterocycles. The van der Waals surface area contributed by atoms with E-state index in [-0.39, 0.29) is 158 Å². The Balaban J connectivity index is 2.59. The number of guanidine groups is 5. The topological polar surface area (TPSA) is 727 Å². The normalized spacial score (nSPS) is 14.9. The van der Waals surface area contributed by atoms with Crippen molar-refractivity contribution in [2.75, 3.05) is 32.7 Å². The number of hydrogen-bond acceptors (Lipinski definition) is 18. The molecule has 1 aromatic heterocycles. The molecule has 0 fully saturated rings. The summed E-state index contributed by atoms with van der Waals surface area (Å²) in [4.78, 5) is 194. The average molecular weight is 1590 g/mol. The van der Waals surface area contributed by atoms with E-state index in [0.717, 1.165) is 0 Å². The Hall–Kier alpha value is -11.3. The third-order valence-electron chi connectivity index (χ3n) is 18.6. The van der Waals surface area contributed by atoms with E-state index in [2.05, 4.69) is 88.4 Å². The van der Waals surface area contributed by atoms with Gasteiger partial charge in [-0.2, -0.15) is 0 Å². The number of aliphatic imine (C=N–C) groups is 5. The number of nitrogens with two attached hydrogens (primary N) is 12. The summed E-state index contributed by atoms with van der Waals surface area (Å²) >= 11 is 0. The first-order chi connectivity index (χ1) is 53.1. The number of aromatic nitrogens is 1. The number of hydrogen-bond donors (Lipinski definition) is 24. The molecule has 0 unspecified atom stereocenters. The van der Waals surface area contributed by atoms with E-state index in [1.807, 2.05) is 19.9 Å². The van der Waals surface area contributed by atoms with Crippen molar-refractivity contribution >= 4 is 112 Å². The van der Waals surface area contributed by atoms with Gasteiger partial charge in [0.1, 0.15) is 66.5 Å². The first-order valence-corrected chi connectivity index (χ1v) is 38.3. The Morgan fingerprint density at radius 1 is 0.363 bits per heavy atom. The summed E-state index contributed by atoms with van der Waals surface area (Å²) in [5.41, 5.74) is 68.7. The monoisotopic (exact) mass is 1590 g/mol. The number of carbonyl (C=O) groups excluding carboxylic acids is 12. The number of fused-ring (bicyclic) bond motifs is 1. The van der Waals surface area contributed by atoms with Gasteiger partial charge in [-0.05, 0) is 119 Å². The number of benzene rings is 1. The highest BCUT2D eigenvalue weighted by Gasteiger charge is 2.39. The van der Waals surface area contributed by atoms with Crippen LogP contribution in [0.15, 0.2) is 55.4 Å². The van der Waals surface area contributed by atoms with Gasteiger partial charge in [-0.15, -0.1) is 0 Å². The minimum atomic E-state index is -1.46. The fourth-order valence-electron chi connectivity index (χ4n) is 11.6. The number of aromatic amines is 1. The molecule has 0 saturated carbocycles. The van der Waals surface area contributed by atoms with Crippen molar-refractivity contribution in [1.82, 2.24) is 63.5 Å². The van der Waals surface area contributed by atoms with E-state index in [0.29, 0.717) is 22.9 Å². The lowest BCUT2D eigenvalue weighted by atomic mass is 9.96. The molecule has 1 heterocycles. The van der Waals surface area contributed by atoms with Gasteiger partial charge < -0.3 is 132 Å². The van der Waals surface area contributed by atoms with Crippen LogP contribution in [-0.4, -0.2) is 211 Å². The average Bonchev–Trinajstić information content (AvgIpc) is 1.57. The molecule has 2 rings (SSSR count). The van der Waals surface area contributed by atoms with Crippen LogP contribution in [0.5, 0.6) is 0 Å². The van der Waals surface area contributed by atoms with Crippen molar-refractivity contribution in [2.45, 2.75) is 239 Å². The minimum absolute atomic E-state index is 0.00970. The molecule has 12 amide bonds. The number of primary amides is 1. The van der Waals surface area contributed by atoms with E-state index >= 15 is 0 Å². The highest BCUT2D eigenvalue weighted by Crippen LogP contribution is 2.21. The maximum absolute atomic E-state index is 15.0. The minimum Gasteiger partial charge on any atom is -0.370 e. The number of H-pyrrole nitrogens is 1. The highest BCUT2D eigenvalue weighted by atomic mass is 16.2. The van der Waals surface area contributed by atoms with Crippen molar-refractivity contribution in [2.24, 2.45) is 123 Å². The van der Waals surface area contributed by atoms with Crippen molar-refractivity contribution in [3.8, 4) is 0 Å². The first-order valence-electron chi connectivity index (χ1n) is 38.3. The number of nitrogens with zero attached hydrogens (tertiary/aromatic N) is 5. The molecule has 0 aliphatic carbocycles. The second kappa shape index (κ2) is 50.6. The molecule has 0 aliphatic heterocycles. The number of para-hydroxylation sites is 1. The van der Waals surface area contributed by atoms with E-state index in [9.17, 15) is 57.5 Å². The number of carbonyl (C=O) groups is 12. The molecule has 41 heteroatoms. The second-order valence-corrected chi connectivity index (χ2v) is 29.2. The summed E-state index contributed by atoms with van der Waals surface area (Å²) in [5.74, 6) is -13.2. The van der Waals surface area contributed by atoms with Crippen LogP contribution < -0.4 is 127 Å². The van der Waals surface area contributed by atoms with E-state index in [1.165, 1.54) is 6.92 Å². The summed E-state index contributed by atoms with van der Waals surface area (Å²) in [5, 5.41) is 30.6. The predicted octanol–water partition coefficient (Wildman–Crippen LogP) is -5.41. The lowest BCUT2D eigenvalue weighted by molar-refractivity contribution is -0.137. The molecule has 1 aromatic carbocycles. The van der Waals surface area contributed by atoms with Gasteiger partial charge in [0.2, 0.25) is 70.9 Å². The van der Waals surface area contributed by atoms with Crippen molar-refractivity contribution < 1.29 is 57.5 Å². The lowest BCUT2D eigenvalue weighted by Gasteiger charge is -2.30. The van der Waals surface area contributed by atoms with Crippen LogP contribution >= 0.6 is 0 Å². The molecule has 0 aliphatic rings. The molecule has 41 nitrogen and oxygen atoms in total. The highest BCUT2D eigenvalue weighted by molar-refractivity contribution is 6.00. The lowest BCUT2D eigenvalue weighted by Crippen LogP contribution is -2.62. The van der Waals surface area contributed by atoms with Gasteiger partial charge in [0, 0.05) is 56.2 Å². The van der Waals surface area contributed by atoms with Crippen LogP contribution in [0.25, 0.3) is 10.9 Å². The molecule has 2 aromatic rings. The Bertz CT molecular complexity index is 3600. The molecular formula is C72H129N29O12. The molecule has 0 bridgehead atoms. The Morgan fingerprint density at radius 2 is 0.681 bits per heavy atom. The largest absolute Gasteiger partial charge is 0.370 e. The fraction of sp³-hybridized carbons (Fsp3) is 0.653. The number of nitrogens with one attached hydrogen (secondary N) is 12. The first kappa shape index (κ1) is 97.8. The van der Waals surface area contributed by atoms with Crippen LogP contribution in [0.1, 0.15) is 165 Å². The van der Waals surface area contributed by atoms with Crippen LogP contribution in [0, 0.1) is 29.6 Å². The molecular weight excluding hydrogens is 1460 g/mol. The van der Waals surface area contributed by atoms with Gasteiger partial charge >= 0.3 is 0 Å². The standard InChI is InChI=1S/C72H129N29O12/c1-12-39(9)54(101-63(109)50(33-36(3)4)97-60(106)48(26-19-31-88-71(81)82)94-64(110)52(73)37(5)6)66(112)96-46(24-17-29-86-69(77)78)58(104)91-41(11)57(103)99-53(38(7)8)65(111)95-49(27-20-32-89-72(83)84)61(107)100-55(40(10)13-2)67(113)98-51(34-42-35-90-44-22-15-14-21-43(42)44)62(108)93-47(25-18-30-87-70(79)80)59(105)92-45(56(74)102)23-16-28-85-68(75)76/h14-15,21-22,35-41,45-55,90H,12-13,16-20,23-34,73H2,1-11H3,(H2,74,102)(H,91,104)(H,92,105)(H,93,108)(H,94,110)(H,95,111)(H,96,112)(H,97,106)(H,98,113)(H,99,103)(H,100,107)(H,101,109)(H4,75,76,85)(H4,77,78,86)(H4,79,80,87)(H4,81,82,88)(H4,83,84,89)/t39-,40-,41-,45-,46-,47-,48-,49-,50-,51-,52-,53-,54-,55-/m0/s1. The quantitative estimate of drug-likeness (QED) is 0.0167.